The van der Waals surface area contributed by atoms with Crippen LogP contribution in [0.25, 0.3) is 0 Å². The molecule has 0 bridgehead atoms. The second-order valence-corrected chi connectivity index (χ2v) is 6.29. The molecule has 2 fully saturated rings. The predicted octanol–water partition coefficient (Wildman–Crippen LogP) is 2.59. The summed E-state index contributed by atoms with van der Waals surface area (Å²) in [6.45, 7) is 2.32. The second kappa shape index (κ2) is 7.64. The minimum atomic E-state index is -0.181. The quantitative estimate of drug-likeness (QED) is 0.786. The molecule has 0 aromatic carbocycles. The van der Waals surface area contributed by atoms with Gasteiger partial charge in [-0.2, -0.15) is 5.26 Å². The van der Waals surface area contributed by atoms with Gasteiger partial charge in [0.15, 0.2) is 0 Å². The molecular formula is C16H27N3O. The average Bonchev–Trinajstić information content (AvgIpc) is 2.99. The zero-order chi connectivity index (χ0) is 14.4. The summed E-state index contributed by atoms with van der Waals surface area (Å²) in [7, 11) is 0. The number of nitrogens with zero attached hydrogens (tertiary/aromatic N) is 2. The molecule has 0 heterocycles. The third-order valence-corrected chi connectivity index (χ3v) is 4.88. The number of carbonyl (C=O) groups excluding carboxylic acids is 1. The first-order chi connectivity index (χ1) is 9.72. The van der Waals surface area contributed by atoms with Gasteiger partial charge in [-0.1, -0.05) is 32.1 Å². The Labute approximate surface area is 122 Å². The molecule has 20 heavy (non-hydrogen) atoms. The molecule has 2 aliphatic carbocycles. The molecule has 0 aromatic rings. The first-order valence-electron chi connectivity index (χ1n) is 8.15. The summed E-state index contributed by atoms with van der Waals surface area (Å²) in [5.74, 6) is 0.110. The van der Waals surface area contributed by atoms with Crippen LogP contribution in [0.1, 0.15) is 64.7 Å². The first kappa shape index (κ1) is 15.3. The van der Waals surface area contributed by atoms with E-state index in [1.165, 1.54) is 32.1 Å². The molecule has 4 nitrogen and oxygen atoms in total. The highest BCUT2D eigenvalue weighted by Crippen LogP contribution is 2.25. The van der Waals surface area contributed by atoms with Crippen LogP contribution in [0.3, 0.4) is 0 Å². The molecule has 1 atom stereocenters. The van der Waals surface area contributed by atoms with Crippen LogP contribution in [0, 0.1) is 11.3 Å². The van der Waals surface area contributed by atoms with Crippen molar-refractivity contribution in [2.75, 3.05) is 6.54 Å². The topological polar surface area (TPSA) is 56.1 Å². The van der Waals surface area contributed by atoms with E-state index in [1.54, 1.807) is 0 Å². The van der Waals surface area contributed by atoms with Crippen molar-refractivity contribution in [3.05, 3.63) is 0 Å². The van der Waals surface area contributed by atoms with Crippen LogP contribution >= 0.6 is 0 Å². The lowest BCUT2D eigenvalue weighted by Gasteiger charge is -2.33. The maximum absolute atomic E-state index is 12.4. The normalized spacial score (nSPS) is 22.6. The van der Waals surface area contributed by atoms with E-state index in [4.69, 9.17) is 5.26 Å². The van der Waals surface area contributed by atoms with Crippen LogP contribution in [0.5, 0.6) is 0 Å². The molecule has 0 spiro atoms. The lowest BCUT2D eigenvalue weighted by molar-refractivity contribution is -0.127. The number of rotatable bonds is 5. The van der Waals surface area contributed by atoms with Crippen LogP contribution < -0.4 is 5.32 Å². The highest BCUT2D eigenvalue weighted by molar-refractivity contribution is 5.81. The number of nitrogens with one attached hydrogen (secondary N) is 1. The summed E-state index contributed by atoms with van der Waals surface area (Å²) in [5, 5.41) is 12.2. The summed E-state index contributed by atoms with van der Waals surface area (Å²) in [4.78, 5) is 14.5. The van der Waals surface area contributed by atoms with Crippen LogP contribution in [0.15, 0.2) is 0 Å². The fraction of sp³-hybridized carbons (Fsp3) is 0.875. The minimum absolute atomic E-state index is 0.110. The SMILES string of the molecule is CC(C(=O)NC1CCCCC1)N(CC#N)C1CCCC1. The largest absolute Gasteiger partial charge is 0.352 e. The van der Waals surface area contributed by atoms with Crippen LogP contribution in [0.4, 0.5) is 0 Å². The summed E-state index contributed by atoms with van der Waals surface area (Å²) in [5.41, 5.74) is 0. The zero-order valence-electron chi connectivity index (χ0n) is 12.6. The van der Waals surface area contributed by atoms with Gasteiger partial charge in [-0.15, -0.1) is 0 Å². The first-order valence-corrected chi connectivity index (χ1v) is 8.15. The molecule has 112 valence electrons. The summed E-state index contributed by atoms with van der Waals surface area (Å²) >= 11 is 0. The molecule has 1 amide bonds. The molecule has 1 N–H and O–H groups in total. The Bertz CT molecular complexity index is 351. The highest BCUT2D eigenvalue weighted by atomic mass is 16.2. The van der Waals surface area contributed by atoms with Gasteiger partial charge in [0.05, 0.1) is 18.7 Å². The van der Waals surface area contributed by atoms with E-state index in [0.717, 1.165) is 25.7 Å². The van der Waals surface area contributed by atoms with E-state index < -0.39 is 0 Å². The molecule has 2 saturated carbocycles. The van der Waals surface area contributed by atoms with Crippen LogP contribution in [0.2, 0.25) is 0 Å². The smallest absolute Gasteiger partial charge is 0.237 e. The molecule has 2 aliphatic rings. The van der Waals surface area contributed by atoms with Crippen molar-refractivity contribution in [3.8, 4) is 6.07 Å². The molecular weight excluding hydrogens is 250 g/mol. The monoisotopic (exact) mass is 277 g/mol. The van der Waals surface area contributed by atoms with Crippen molar-refractivity contribution in [1.29, 1.82) is 5.26 Å². The maximum Gasteiger partial charge on any atom is 0.237 e. The Morgan fingerprint density at radius 3 is 2.40 bits per heavy atom. The third kappa shape index (κ3) is 3.96. The summed E-state index contributed by atoms with van der Waals surface area (Å²) in [6, 6.07) is 2.82. The summed E-state index contributed by atoms with van der Waals surface area (Å²) < 4.78 is 0. The average molecular weight is 277 g/mol. The molecule has 0 aliphatic heterocycles. The van der Waals surface area contributed by atoms with E-state index in [2.05, 4.69) is 16.3 Å². The van der Waals surface area contributed by atoms with Gasteiger partial charge in [-0.05, 0) is 32.6 Å². The lowest BCUT2D eigenvalue weighted by atomic mass is 9.95. The Morgan fingerprint density at radius 2 is 1.80 bits per heavy atom. The van der Waals surface area contributed by atoms with Crippen LogP contribution in [-0.4, -0.2) is 35.5 Å². The van der Waals surface area contributed by atoms with Crippen LogP contribution in [-0.2, 0) is 4.79 Å². The Morgan fingerprint density at radius 1 is 1.20 bits per heavy atom. The minimum Gasteiger partial charge on any atom is -0.352 e. The molecule has 4 heteroatoms. The van der Waals surface area contributed by atoms with Gasteiger partial charge in [0.2, 0.25) is 5.91 Å². The number of hydrogen-bond acceptors (Lipinski definition) is 3. The van der Waals surface area contributed by atoms with E-state index in [0.29, 0.717) is 18.6 Å². The van der Waals surface area contributed by atoms with Gasteiger partial charge in [-0.25, -0.2) is 0 Å². The van der Waals surface area contributed by atoms with E-state index in [-0.39, 0.29) is 11.9 Å². The third-order valence-electron chi connectivity index (χ3n) is 4.88. The zero-order valence-corrected chi connectivity index (χ0v) is 12.6. The fourth-order valence-corrected chi connectivity index (χ4v) is 3.62. The van der Waals surface area contributed by atoms with Crippen molar-refractivity contribution in [1.82, 2.24) is 10.2 Å². The lowest BCUT2D eigenvalue weighted by Crippen LogP contribution is -2.51. The van der Waals surface area contributed by atoms with Gasteiger partial charge >= 0.3 is 0 Å². The van der Waals surface area contributed by atoms with Gasteiger partial charge in [0, 0.05) is 12.1 Å². The van der Waals surface area contributed by atoms with Crippen molar-refractivity contribution >= 4 is 5.91 Å². The van der Waals surface area contributed by atoms with Crippen molar-refractivity contribution in [2.24, 2.45) is 0 Å². The van der Waals surface area contributed by atoms with Gasteiger partial charge in [0.1, 0.15) is 0 Å². The Hall–Kier alpha value is -1.08. The number of carbonyl (C=O) groups is 1. The molecule has 0 saturated heterocycles. The van der Waals surface area contributed by atoms with Gasteiger partial charge in [0.25, 0.3) is 0 Å². The van der Waals surface area contributed by atoms with Gasteiger partial charge < -0.3 is 5.32 Å². The molecule has 0 radical (unpaired) electrons. The standard InChI is InChI=1S/C16H27N3O/c1-13(16(20)18-14-7-3-2-4-8-14)19(12-11-17)15-9-5-6-10-15/h13-15H,2-10,12H2,1H3,(H,18,20). The Kier molecular flexibility index (Phi) is 5.85. The second-order valence-electron chi connectivity index (χ2n) is 6.29. The summed E-state index contributed by atoms with van der Waals surface area (Å²) in [6.07, 6.45) is 10.7. The fourth-order valence-electron chi connectivity index (χ4n) is 3.62. The predicted molar refractivity (Wildman–Crippen MR) is 79.1 cm³/mol. The molecule has 0 aromatic heterocycles. The molecule has 1 unspecified atom stereocenters. The van der Waals surface area contributed by atoms with Gasteiger partial charge in [-0.3, -0.25) is 9.69 Å². The number of nitriles is 1. The number of hydrogen-bond donors (Lipinski definition) is 1. The Balaban J connectivity index is 1.89. The highest BCUT2D eigenvalue weighted by Gasteiger charge is 2.30. The molecule has 2 rings (SSSR count). The number of amides is 1. The van der Waals surface area contributed by atoms with Crippen molar-refractivity contribution in [2.45, 2.75) is 82.8 Å². The van der Waals surface area contributed by atoms with Crippen molar-refractivity contribution in [3.63, 3.8) is 0 Å². The van der Waals surface area contributed by atoms with E-state index >= 15 is 0 Å². The van der Waals surface area contributed by atoms with Crippen molar-refractivity contribution < 1.29 is 4.79 Å². The maximum atomic E-state index is 12.4. The van der Waals surface area contributed by atoms with E-state index in [1.807, 2.05) is 6.92 Å². The van der Waals surface area contributed by atoms with E-state index in [9.17, 15) is 4.79 Å².